The second-order valence-electron chi connectivity index (χ2n) is 5.46. The van der Waals surface area contributed by atoms with Gasteiger partial charge in [0.2, 0.25) is 5.79 Å². The summed E-state index contributed by atoms with van der Waals surface area (Å²) in [7, 11) is 0. The second-order valence-corrected chi connectivity index (χ2v) is 5.46. The van der Waals surface area contributed by atoms with Crippen LogP contribution in [0.3, 0.4) is 0 Å². The molecule has 0 unspecified atom stereocenters. The second kappa shape index (κ2) is 4.92. The fraction of sp³-hybridized carbons (Fsp3) is 0.467. The van der Waals surface area contributed by atoms with E-state index in [1.165, 1.54) is 0 Å². The molecular weight excluding hydrogens is 212 g/mol. The molecule has 2 heteroatoms. The van der Waals surface area contributed by atoms with Gasteiger partial charge in [0.15, 0.2) is 0 Å². The molecule has 1 aromatic rings. The van der Waals surface area contributed by atoms with Crippen LogP contribution in [0.25, 0.3) is 6.08 Å². The Kier molecular flexibility index (Phi) is 3.99. The van der Waals surface area contributed by atoms with Gasteiger partial charge in [-0.25, -0.2) is 0 Å². The summed E-state index contributed by atoms with van der Waals surface area (Å²) in [4.78, 5) is 0. The molecule has 0 spiro atoms. The summed E-state index contributed by atoms with van der Waals surface area (Å²) in [6.45, 7) is 13.6. The number of hydrogen-bond donors (Lipinski definition) is 0. The van der Waals surface area contributed by atoms with Crippen LogP contribution in [0.1, 0.15) is 40.2 Å². The van der Waals surface area contributed by atoms with Gasteiger partial charge in [0.1, 0.15) is 5.75 Å². The SMILES string of the molecule is C=Cc1ccccc1OC(C)(C)OC(C)(C)C. The summed E-state index contributed by atoms with van der Waals surface area (Å²) in [6.07, 6.45) is 1.78. The van der Waals surface area contributed by atoms with Crippen LogP contribution >= 0.6 is 0 Å². The van der Waals surface area contributed by atoms with E-state index < -0.39 is 5.79 Å². The maximum atomic E-state index is 5.91. The third kappa shape index (κ3) is 4.61. The maximum absolute atomic E-state index is 5.91. The molecule has 0 atom stereocenters. The van der Waals surface area contributed by atoms with Crippen molar-refractivity contribution in [2.75, 3.05) is 0 Å². The zero-order chi connectivity index (χ0) is 13.1. The molecule has 1 rings (SSSR count). The fourth-order valence-electron chi connectivity index (χ4n) is 1.77. The van der Waals surface area contributed by atoms with Gasteiger partial charge in [-0.05, 0) is 26.8 Å². The Bertz CT molecular complexity index is 386. The molecular formula is C15H22O2. The van der Waals surface area contributed by atoms with Crippen molar-refractivity contribution in [1.82, 2.24) is 0 Å². The zero-order valence-electron chi connectivity index (χ0n) is 11.4. The molecule has 0 heterocycles. The number of para-hydroxylation sites is 1. The van der Waals surface area contributed by atoms with E-state index in [0.717, 1.165) is 11.3 Å². The van der Waals surface area contributed by atoms with Gasteiger partial charge in [0, 0.05) is 19.4 Å². The minimum Gasteiger partial charge on any atom is -0.462 e. The Morgan fingerprint density at radius 1 is 1.06 bits per heavy atom. The first-order chi connectivity index (χ1) is 7.73. The topological polar surface area (TPSA) is 18.5 Å². The van der Waals surface area contributed by atoms with Crippen LogP contribution in [-0.4, -0.2) is 11.4 Å². The third-order valence-electron chi connectivity index (χ3n) is 2.05. The Labute approximate surface area is 104 Å². The van der Waals surface area contributed by atoms with Gasteiger partial charge in [-0.1, -0.05) is 30.9 Å². The Balaban J connectivity index is 2.86. The molecule has 0 amide bonds. The monoisotopic (exact) mass is 234 g/mol. The molecule has 0 bridgehead atoms. The van der Waals surface area contributed by atoms with E-state index in [0.29, 0.717) is 0 Å². The van der Waals surface area contributed by atoms with Gasteiger partial charge in [-0.2, -0.15) is 0 Å². The van der Waals surface area contributed by atoms with Crippen molar-refractivity contribution in [1.29, 1.82) is 0 Å². The summed E-state index contributed by atoms with van der Waals surface area (Å²) in [6, 6.07) is 7.79. The van der Waals surface area contributed by atoms with Gasteiger partial charge in [-0.15, -0.1) is 0 Å². The van der Waals surface area contributed by atoms with E-state index in [1.54, 1.807) is 6.08 Å². The molecule has 0 aliphatic rings. The normalized spacial score (nSPS) is 12.3. The van der Waals surface area contributed by atoms with Gasteiger partial charge >= 0.3 is 0 Å². The standard InChI is InChI=1S/C15H22O2/c1-7-12-10-8-9-11-13(12)16-15(5,6)17-14(2,3)4/h7-11H,1H2,2-6H3. The van der Waals surface area contributed by atoms with E-state index >= 15 is 0 Å². The molecule has 0 saturated carbocycles. The zero-order valence-corrected chi connectivity index (χ0v) is 11.4. The molecule has 94 valence electrons. The molecule has 0 aliphatic carbocycles. The molecule has 0 aliphatic heterocycles. The summed E-state index contributed by atoms with van der Waals surface area (Å²) >= 11 is 0. The van der Waals surface area contributed by atoms with Crippen LogP contribution in [-0.2, 0) is 4.74 Å². The van der Waals surface area contributed by atoms with E-state index in [9.17, 15) is 0 Å². The van der Waals surface area contributed by atoms with Crippen molar-refractivity contribution < 1.29 is 9.47 Å². The predicted octanol–water partition coefficient (Wildman–Crippen LogP) is 4.26. The largest absolute Gasteiger partial charge is 0.462 e. The summed E-state index contributed by atoms with van der Waals surface area (Å²) in [5.74, 6) is 0.119. The average molecular weight is 234 g/mol. The van der Waals surface area contributed by atoms with E-state index in [1.807, 2.05) is 58.9 Å². The van der Waals surface area contributed by atoms with Crippen LogP contribution in [0.4, 0.5) is 0 Å². The van der Waals surface area contributed by atoms with Crippen molar-refractivity contribution >= 4 is 6.08 Å². The highest BCUT2D eigenvalue weighted by Crippen LogP contribution is 2.27. The first kappa shape index (κ1) is 13.8. The minimum absolute atomic E-state index is 0.243. The smallest absolute Gasteiger partial charge is 0.205 e. The van der Waals surface area contributed by atoms with Gasteiger partial charge in [0.25, 0.3) is 0 Å². The Morgan fingerprint density at radius 2 is 1.65 bits per heavy atom. The lowest BCUT2D eigenvalue weighted by molar-refractivity contribution is -0.213. The van der Waals surface area contributed by atoms with Gasteiger partial charge in [-0.3, -0.25) is 0 Å². The summed E-state index contributed by atoms with van der Waals surface area (Å²) < 4.78 is 11.8. The van der Waals surface area contributed by atoms with Crippen molar-refractivity contribution in [2.45, 2.75) is 46.0 Å². The lowest BCUT2D eigenvalue weighted by Crippen LogP contribution is -2.39. The number of ether oxygens (including phenoxy) is 2. The lowest BCUT2D eigenvalue weighted by Gasteiger charge is -2.34. The maximum Gasteiger partial charge on any atom is 0.205 e. The average Bonchev–Trinajstić information content (AvgIpc) is 2.14. The summed E-state index contributed by atoms with van der Waals surface area (Å²) in [5, 5.41) is 0. The number of benzene rings is 1. The molecule has 0 fully saturated rings. The predicted molar refractivity (Wildman–Crippen MR) is 72.1 cm³/mol. The lowest BCUT2D eigenvalue weighted by atomic mass is 10.1. The molecule has 17 heavy (non-hydrogen) atoms. The highest BCUT2D eigenvalue weighted by molar-refractivity contribution is 5.55. The number of rotatable bonds is 4. The van der Waals surface area contributed by atoms with Gasteiger partial charge in [0.05, 0.1) is 5.60 Å². The number of hydrogen-bond acceptors (Lipinski definition) is 2. The van der Waals surface area contributed by atoms with Crippen LogP contribution in [0, 0.1) is 0 Å². The quantitative estimate of drug-likeness (QED) is 0.725. The van der Waals surface area contributed by atoms with Crippen LogP contribution in [0.5, 0.6) is 5.75 Å². The van der Waals surface area contributed by atoms with Gasteiger partial charge < -0.3 is 9.47 Å². The Hall–Kier alpha value is -1.28. The van der Waals surface area contributed by atoms with Crippen molar-refractivity contribution in [3.63, 3.8) is 0 Å². The minimum atomic E-state index is -0.669. The highest BCUT2D eigenvalue weighted by atomic mass is 16.7. The molecule has 1 aromatic carbocycles. The van der Waals surface area contributed by atoms with E-state index in [2.05, 4.69) is 6.58 Å². The molecule has 0 N–H and O–H groups in total. The molecule has 0 saturated heterocycles. The van der Waals surface area contributed by atoms with Crippen LogP contribution in [0.2, 0.25) is 0 Å². The van der Waals surface area contributed by atoms with Crippen LogP contribution in [0.15, 0.2) is 30.8 Å². The first-order valence-electron chi connectivity index (χ1n) is 5.84. The molecule has 2 nitrogen and oxygen atoms in total. The molecule has 0 aromatic heterocycles. The van der Waals surface area contributed by atoms with Crippen molar-refractivity contribution in [2.24, 2.45) is 0 Å². The summed E-state index contributed by atoms with van der Waals surface area (Å²) in [5.41, 5.74) is 0.727. The van der Waals surface area contributed by atoms with Crippen molar-refractivity contribution in [3.8, 4) is 5.75 Å². The van der Waals surface area contributed by atoms with Crippen molar-refractivity contribution in [3.05, 3.63) is 36.4 Å². The fourth-order valence-corrected chi connectivity index (χ4v) is 1.77. The molecule has 0 radical (unpaired) electrons. The third-order valence-corrected chi connectivity index (χ3v) is 2.05. The highest BCUT2D eigenvalue weighted by Gasteiger charge is 2.27. The Morgan fingerprint density at radius 3 is 2.18 bits per heavy atom. The van der Waals surface area contributed by atoms with Crippen LogP contribution < -0.4 is 4.74 Å². The first-order valence-corrected chi connectivity index (χ1v) is 5.84. The van der Waals surface area contributed by atoms with E-state index in [4.69, 9.17) is 9.47 Å². The van der Waals surface area contributed by atoms with E-state index in [-0.39, 0.29) is 5.60 Å².